The van der Waals surface area contributed by atoms with Crippen LogP contribution in [-0.4, -0.2) is 13.7 Å². The average Bonchev–Trinajstić information content (AvgIpc) is 3.13. The summed E-state index contributed by atoms with van der Waals surface area (Å²) in [5, 5.41) is 0.704. The van der Waals surface area contributed by atoms with E-state index in [1.807, 2.05) is 6.07 Å². The number of hydrogen-bond donors (Lipinski definition) is 1. The molecule has 1 aromatic rings. The Morgan fingerprint density at radius 3 is 2.71 bits per heavy atom. The predicted molar refractivity (Wildman–Crippen MR) is 71.9 cm³/mol. The molecule has 1 aliphatic rings. The van der Waals surface area contributed by atoms with Crippen LogP contribution in [0.1, 0.15) is 36.3 Å². The molecule has 0 amide bonds. The third-order valence-electron chi connectivity index (χ3n) is 3.61. The minimum absolute atomic E-state index is 0.573. The van der Waals surface area contributed by atoms with Crippen molar-refractivity contribution in [2.24, 2.45) is 11.7 Å². The minimum Gasteiger partial charge on any atom is -0.495 e. The van der Waals surface area contributed by atoms with Crippen molar-refractivity contribution >= 4 is 11.6 Å². The first-order valence-electron chi connectivity index (χ1n) is 6.21. The van der Waals surface area contributed by atoms with Crippen molar-refractivity contribution in [3.05, 3.63) is 28.3 Å². The summed E-state index contributed by atoms with van der Waals surface area (Å²) in [5.41, 5.74) is 8.33. The van der Waals surface area contributed by atoms with Gasteiger partial charge in [0.1, 0.15) is 5.75 Å². The van der Waals surface area contributed by atoms with E-state index in [9.17, 15) is 0 Å². The van der Waals surface area contributed by atoms with E-state index < -0.39 is 0 Å². The Bertz CT molecular complexity index is 401. The van der Waals surface area contributed by atoms with Crippen molar-refractivity contribution in [3.8, 4) is 5.75 Å². The Morgan fingerprint density at radius 1 is 1.47 bits per heavy atom. The smallest absolute Gasteiger partial charge is 0.137 e. The average molecular weight is 254 g/mol. The molecule has 1 aromatic carbocycles. The molecule has 0 spiro atoms. The number of hydrogen-bond acceptors (Lipinski definition) is 2. The van der Waals surface area contributed by atoms with Gasteiger partial charge in [0.2, 0.25) is 0 Å². The van der Waals surface area contributed by atoms with Crippen molar-refractivity contribution in [2.75, 3.05) is 13.7 Å². The molecule has 0 bridgehead atoms. The van der Waals surface area contributed by atoms with Crippen molar-refractivity contribution in [2.45, 2.75) is 32.1 Å². The van der Waals surface area contributed by atoms with Gasteiger partial charge in [0.05, 0.1) is 12.1 Å². The quantitative estimate of drug-likeness (QED) is 0.872. The minimum atomic E-state index is 0.573. The lowest BCUT2D eigenvalue weighted by atomic mass is 9.88. The second-order valence-electron chi connectivity index (χ2n) is 4.86. The summed E-state index contributed by atoms with van der Waals surface area (Å²) in [5.74, 6) is 2.14. The van der Waals surface area contributed by atoms with Crippen LogP contribution in [0.15, 0.2) is 12.1 Å². The predicted octanol–water partition coefficient (Wildman–Crippen LogP) is 3.50. The van der Waals surface area contributed by atoms with Gasteiger partial charge in [-0.05, 0) is 67.8 Å². The molecular formula is C14H20ClNO. The Balaban J connectivity index is 2.32. The van der Waals surface area contributed by atoms with E-state index in [2.05, 4.69) is 13.0 Å². The summed E-state index contributed by atoms with van der Waals surface area (Å²) >= 11 is 6.21. The van der Waals surface area contributed by atoms with E-state index in [0.717, 1.165) is 24.6 Å². The lowest BCUT2D eigenvalue weighted by molar-refractivity contribution is 0.414. The Labute approximate surface area is 108 Å². The van der Waals surface area contributed by atoms with E-state index in [-0.39, 0.29) is 0 Å². The van der Waals surface area contributed by atoms with Gasteiger partial charge in [0.15, 0.2) is 0 Å². The van der Waals surface area contributed by atoms with Gasteiger partial charge in [-0.15, -0.1) is 0 Å². The summed E-state index contributed by atoms with van der Waals surface area (Å²) in [4.78, 5) is 0. The maximum Gasteiger partial charge on any atom is 0.137 e. The normalized spacial score (nSPS) is 16.9. The van der Waals surface area contributed by atoms with E-state index in [1.54, 1.807) is 7.11 Å². The molecular weight excluding hydrogens is 234 g/mol. The van der Waals surface area contributed by atoms with Crippen molar-refractivity contribution in [1.29, 1.82) is 0 Å². The molecule has 1 aliphatic carbocycles. The van der Waals surface area contributed by atoms with Gasteiger partial charge < -0.3 is 10.5 Å². The Morgan fingerprint density at radius 2 is 2.18 bits per heavy atom. The van der Waals surface area contributed by atoms with Crippen LogP contribution in [0, 0.1) is 12.8 Å². The van der Waals surface area contributed by atoms with E-state index >= 15 is 0 Å². The van der Waals surface area contributed by atoms with Gasteiger partial charge in [-0.25, -0.2) is 0 Å². The first-order valence-corrected chi connectivity index (χ1v) is 6.59. The van der Waals surface area contributed by atoms with Crippen molar-refractivity contribution < 1.29 is 4.74 Å². The highest BCUT2D eigenvalue weighted by Gasteiger charge is 2.32. The first-order chi connectivity index (χ1) is 8.17. The van der Waals surface area contributed by atoms with Crippen LogP contribution in [0.2, 0.25) is 5.02 Å². The molecule has 0 saturated heterocycles. The topological polar surface area (TPSA) is 35.2 Å². The monoisotopic (exact) mass is 253 g/mol. The molecule has 94 valence electrons. The molecule has 1 fully saturated rings. The summed E-state index contributed by atoms with van der Waals surface area (Å²) < 4.78 is 5.24. The van der Waals surface area contributed by atoms with Crippen molar-refractivity contribution in [1.82, 2.24) is 0 Å². The number of halogens is 1. The fourth-order valence-corrected chi connectivity index (χ4v) is 2.80. The number of benzene rings is 1. The molecule has 1 saturated carbocycles. The SMILES string of the molecule is COc1cc(C)c(C(CCN)C2CC2)cc1Cl. The van der Waals surface area contributed by atoms with Gasteiger partial charge in [0, 0.05) is 0 Å². The van der Waals surface area contributed by atoms with Gasteiger partial charge in [-0.3, -0.25) is 0 Å². The number of nitrogens with two attached hydrogens (primary N) is 1. The Kier molecular flexibility index (Phi) is 3.95. The summed E-state index contributed by atoms with van der Waals surface area (Å²) in [7, 11) is 1.65. The molecule has 0 aliphatic heterocycles. The summed E-state index contributed by atoms with van der Waals surface area (Å²) in [6.45, 7) is 2.87. The lowest BCUT2D eigenvalue weighted by Gasteiger charge is -2.19. The molecule has 2 rings (SSSR count). The number of ether oxygens (including phenoxy) is 1. The standard InChI is InChI=1S/C14H20ClNO/c1-9-7-14(17-2)13(15)8-12(9)11(5-6-16)10-3-4-10/h7-8,10-11H,3-6,16H2,1-2H3. The number of methoxy groups -OCH3 is 1. The maximum atomic E-state index is 6.21. The van der Waals surface area contributed by atoms with E-state index in [4.69, 9.17) is 22.1 Å². The first kappa shape index (κ1) is 12.7. The molecule has 0 heterocycles. The number of rotatable bonds is 5. The lowest BCUT2D eigenvalue weighted by Crippen LogP contribution is -2.10. The van der Waals surface area contributed by atoms with Crippen LogP contribution in [0.3, 0.4) is 0 Å². The zero-order valence-corrected chi connectivity index (χ0v) is 11.3. The van der Waals surface area contributed by atoms with E-state index in [1.165, 1.54) is 24.0 Å². The number of aryl methyl sites for hydroxylation is 1. The third kappa shape index (κ3) is 2.75. The van der Waals surface area contributed by atoms with Crippen LogP contribution in [0.5, 0.6) is 5.75 Å². The van der Waals surface area contributed by atoms with E-state index in [0.29, 0.717) is 10.9 Å². The molecule has 2 nitrogen and oxygen atoms in total. The molecule has 2 N–H and O–H groups in total. The van der Waals surface area contributed by atoms with Crippen LogP contribution < -0.4 is 10.5 Å². The highest BCUT2D eigenvalue weighted by molar-refractivity contribution is 6.32. The van der Waals surface area contributed by atoms with Crippen LogP contribution in [0.25, 0.3) is 0 Å². The molecule has 0 aromatic heterocycles. The largest absolute Gasteiger partial charge is 0.495 e. The second kappa shape index (κ2) is 5.28. The van der Waals surface area contributed by atoms with Crippen molar-refractivity contribution in [3.63, 3.8) is 0 Å². The van der Waals surface area contributed by atoms with Gasteiger partial charge in [-0.1, -0.05) is 11.6 Å². The maximum absolute atomic E-state index is 6.21. The van der Waals surface area contributed by atoms with Gasteiger partial charge in [0.25, 0.3) is 0 Å². The molecule has 3 heteroatoms. The van der Waals surface area contributed by atoms with Gasteiger partial charge >= 0.3 is 0 Å². The van der Waals surface area contributed by atoms with Crippen LogP contribution in [-0.2, 0) is 0 Å². The highest BCUT2D eigenvalue weighted by atomic mass is 35.5. The second-order valence-corrected chi connectivity index (χ2v) is 5.27. The summed E-state index contributed by atoms with van der Waals surface area (Å²) in [6.07, 6.45) is 3.70. The molecule has 0 radical (unpaired) electrons. The fraction of sp³-hybridized carbons (Fsp3) is 0.571. The fourth-order valence-electron chi connectivity index (χ4n) is 2.55. The van der Waals surface area contributed by atoms with Crippen LogP contribution >= 0.6 is 11.6 Å². The third-order valence-corrected chi connectivity index (χ3v) is 3.90. The highest BCUT2D eigenvalue weighted by Crippen LogP contribution is 2.46. The Hall–Kier alpha value is -0.730. The molecule has 1 atom stereocenters. The molecule has 1 unspecified atom stereocenters. The summed E-state index contributed by atoms with van der Waals surface area (Å²) in [6, 6.07) is 4.10. The molecule has 17 heavy (non-hydrogen) atoms. The zero-order chi connectivity index (χ0) is 12.4. The zero-order valence-electron chi connectivity index (χ0n) is 10.5. The van der Waals surface area contributed by atoms with Crippen LogP contribution in [0.4, 0.5) is 0 Å². The van der Waals surface area contributed by atoms with Gasteiger partial charge in [-0.2, -0.15) is 0 Å².